The van der Waals surface area contributed by atoms with E-state index in [4.69, 9.17) is 0 Å². The molecule has 0 aliphatic heterocycles. The molecule has 1 saturated carbocycles. The van der Waals surface area contributed by atoms with Gasteiger partial charge in [0.25, 0.3) is 0 Å². The van der Waals surface area contributed by atoms with Crippen LogP contribution in [0.25, 0.3) is 0 Å². The molecular weight excluding hydrogens is 120 g/mol. The number of allylic oxidation sites excluding steroid dienone is 2. The third kappa shape index (κ3) is 1.62. The van der Waals surface area contributed by atoms with E-state index in [9.17, 15) is 0 Å². The minimum Gasteiger partial charge on any atom is -0.129 e. The molecule has 1 unspecified atom stereocenters. The van der Waals surface area contributed by atoms with Crippen molar-refractivity contribution in [3.8, 4) is 0 Å². The van der Waals surface area contributed by atoms with Crippen LogP contribution >= 0.6 is 0 Å². The van der Waals surface area contributed by atoms with E-state index in [2.05, 4.69) is 18.4 Å². The van der Waals surface area contributed by atoms with Gasteiger partial charge in [-0.05, 0) is 38.3 Å². The highest BCUT2D eigenvalue weighted by atomic mass is 14.2. The molecule has 0 aromatic carbocycles. The first-order valence-electron chi connectivity index (χ1n) is 3.89. The van der Waals surface area contributed by atoms with Gasteiger partial charge in [0.1, 0.15) is 0 Å². The van der Waals surface area contributed by atoms with Crippen molar-refractivity contribution in [1.82, 2.24) is 0 Å². The van der Waals surface area contributed by atoms with E-state index < -0.39 is 0 Å². The van der Waals surface area contributed by atoms with E-state index in [1.54, 1.807) is 0 Å². The Kier molecular flexibility index (Phi) is 2.53. The molecule has 54 valence electrons. The molecule has 1 aliphatic carbocycles. The van der Waals surface area contributed by atoms with Crippen LogP contribution in [0.5, 0.6) is 0 Å². The summed E-state index contributed by atoms with van der Waals surface area (Å²) < 4.78 is 0. The summed E-state index contributed by atoms with van der Waals surface area (Å²) in [5, 5.41) is 0. The van der Waals surface area contributed by atoms with Gasteiger partial charge in [0, 0.05) is 5.92 Å². The molecule has 0 N–H and O–H groups in total. The Morgan fingerprint density at radius 2 is 2.50 bits per heavy atom. The van der Waals surface area contributed by atoms with Crippen molar-refractivity contribution in [2.24, 2.45) is 5.92 Å². The standard InChI is InChI=1S/C10H14/c1-3-4-7-10-8-5-6-9(10)2/h3,7,10H,2,5-6,8H2,1H3. The predicted octanol–water partition coefficient (Wildman–Crippen LogP) is 3.07. The first-order valence-corrected chi connectivity index (χ1v) is 3.89. The van der Waals surface area contributed by atoms with E-state index in [0.717, 1.165) is 0 Å². The molecule has 0 heterocycles. The van der Waals surface area contributed by atoms with E-state index in [1.807, 2.05) is 13.0 Å². The Labute approximate surface area is 62.9 Å². The van der Waals surface area contributed by atoms with E-state index in [-0.39, 0.29) is 0 Å². The highest BCUT2D eigenvalue weighted by Crippen LogP contribution is 2.29. The van der Waals surface area contributed by atoms with Crippen LogP contribution in [0.1, 0.15) is 26.2 Å². The van der Waals surface area contributed by atoms with Crippen molar-refractivity contribution in [2.45, 2.75) is 26.2 Å². The van der Waals surface area contributed by atoms with Gasteiger partial charge in [0.05, 0.1) is 0 Å². The van der Waals surface area contributed by atoms with Crippen molar-refractivity contribution >= 4 is 0 Å². The molecule has 0 saturated heterocycles. The Morgan fingerprint density at radius 1 is 1.70 bits per heavy atom. The average molecular weight is 134 g/mol. The van der Waals surface area contributed by atoms with Crippen molar-refractivity contribution in [3.05, 3.63) is 30.0 Å². The minimum atomic E-state index is 0.621. The highest BCUT2D eigenvalue weighted by Gasteiger charge is 2.15. The highest BCUT2D eigenvalue weighted by molar-refractivity contribution is 5.13. The molecule has 1 rings (SSSR count). The zero-order valence-corrected chi connectivity index (χ0v) is 6.56. The van der Waals surface area contributed by atoms with Gasteiger partial charge in [-0.3, -0.25) is 0 Å². The molecule has 0 bridgehead atoms. The lowest BCUT2D eigenvalue weighted by molar-refractivity contribution is 0.767. The second kappa shape index (κ2) is 3.43. The molecule has 0 radical (unpaired) electrons. The van der Waals surface area contributed by atoms with Crippen molar-refractivity contribution in [1.29, 1.82) is 0 Å². The molecule has 10 heavy (non-hydrogen) atoms. The number of hydrogen-bond donors (Lipinski definition) is 0. The Bertz CT molecular complexity index is 180. The molecule has 1 atom stereocenters. The van der Waals surface area contributed by atoms with Crippen molar-refractivity contribution in [2.75, 3.05) is 0 Å². The summed E-state index contributed by atoms with van der Waals surface area (Å²) >= 11 is 0. The largest absolute Gasteiger partial charge is 0.129 e. The quantitative estimate of drug-likeness (QED) is 0.382. The van der Waals surface area contributed by atoms with Crippen LogP contribution in [0.2, 0.25) is 0 Å². The Morgan fingerprint density at radius 3 is 3.00 bits per heavy atom. The monoisotopic (exact) mass is 134 g/mol. The van der Waals surface area contributed by atoms with Gasteiger partial charge in [0.2, 0.25) is 0 Å². The summed E-state index contributed by atoms with van der Waals surface area (Å²) in [5.74, 6) is 0.621. The zero-order valence-electron chi connectivity index (χ0n) is 6.56. The lowest BCUT2D eigenvalue weighted by atomic mass is 10.1. The zero-order chi connectivity index (χ0) is 7.40. The van der Waals surface area contributed by atoms with Crippen LogP contribution in [0.4, 0.5) is 0 Å². The second-order valence-electron chi connectivity index (χ2n) is 2.78. The smallest absolute Gasteiger partial charge is 0.00499 e. The third-order valence-electron chi connectivity index (χ3n) is 2.00. The van der Waals surface area contributed by atoms with Gasteiger partial charge in [0.15, 0.2) is 0 Å². The number of hydrogen-bond acceptors (Lipinski definition) is 0. The maximum atomic E-state index is 4.00. The Balaban J connectivity index is 2.56. The molecule has 0 aromatic heterocycles. The minimum absolute atomic E-state index is 0.621. The van der Waals surface area contributed by atoms with Crippen LogP contribution in [-0.2, 0) is 0 Å². The van der Waals surface area contributed by atoms with E-state index in [1.165, 1.54) is 24.8 Å². The SMILES string of the molecule is C=C1CCCC1C=C=CC. The molecule has 0 heteroatoms. The maximum absolute atomic E-state index is 4.00. The fourth-order valence-electron chi connectivity index (χ4n) is 1.35. The maximum Gasteiger partial charge on any atom is 0.00499 e. The van der Waals surface area contributed by atoms with Gasteiger partial charge in [-0.1, -0.05) is 12.2 Å². The number of rotatable bonds is 1. The fourth-order valence-corrected chi connectivity index (χ4v) is 1.35. The summed E-state index contributed by atoms with van der Waals surface area (Å²) in [6.07, 6.45) is 7.89. The van der Waals surface area contributed by atoms with Crippen LogP contribution in [0, 0.1) is 5.92 Å². The lowest BCUT2D eigenvalue weighted by Crippen LogP contribution is -1.87. The van der Waals surface area contributed by atoms with Crippen LogP contribution < -0.4 is 0 Å². The summed E-state index contributed by atoms with van der Waals surface area (Å²) in [4.78, 5) is 0. The predicted molar refractivity (Wildman–Crippen MR) is 44.8 cm³/mol. The lowest BCUT2D eigenvalue weighted by Gasteiger charge is -1.99. The molecule has 0 spiro atoms. The molecule has 1 fully saturated rings. The van der Waals surface area contributed by atoms with E-state index >= 15 is 0 Å². The first-order chi connectivity index (χ1) is 4.84. The summed E-state index contributed by atoms with van der Waals surface area (Å²) in [5.41, 5.74) is 4.49. The van der Waals surface area contributed by atoms with Gasteiger partial charge < -0.3 is 0 Å². The van der Waals surface area contributed by atoms with Crippen molar-refractivity contribution < 1.29 is 0 Å². The summed E-state index contributed by atoms with van der Waals surface area (Å²) in [6.45, 7) is 6.00. The third-order valence-corrected chi connectivity index (χ3v) is 2.00. The summed E-state index contributed by atoms with van der Waals surface area (Å²) in [7, 11) is 0. The summed E-state index contributed by atoms with van der Waals surface area (Å²) in [6, 6.07) is 0. The van der Waals surface area contributed by atoms with Gasteiger partial charge in [-0.25, -0.2) is 0 Å². The fraction of sp³-hybridized carbons (Fsp3) is 0.500. The Hall–Kier alpha value is -0.740. The van der Waals surface area contributed by atoms with Gasteiger partial charge in [-0.15, -0.1) is 5.73 Å². The van der Waals surface area contributed by atoms with E-state index in [0.29, 0.717) is 5.92 Å². The topological polar surface area (TPSA) is 0 Å². The molecule has 0 nitrogen and oxygen atoms in total. The van der Waals surface area contributed by atoms with Gasteiger partial charge in [-0.2, -0.15) is 0 Å². The normalized spacial score (nSPS) is 24.1. The molecule has 1 aliphatic rings. The molecular formula is C10H14. The van der Waals surface area contributed by atoms with Crippen LogP contribution in [0.15, 0.2) is 30.0 Å². The van der Waals surface area contributed by atoms with Gasteiger partial charge >= 0.3 is 0 Å². The van der Waals surface area contributed by atoms with Crippen molar-refractivity contribution in [3.63, 3.8) is 0 Å². The first kappa shape index (κ1) is 7.37. The van der Waals surface area contributed by atoms with Crippen LogP contribution in [0.3, 0.4) is 0 Å². The molecule has 0 amide bonds. The molecule has 0 aromatic rings. The average Bonchev–Trinajstić information content (AvgIpc) is 2.31. The second-order valence-corrected chi connectivity index (χ2v) is 2.78. The van der Waals surface area contributed by atoms with Crippen LogP contribution in [-0.4, -0.2) is 0 Å².